The molecule has 36 heavy (non-hydrogen) atoms. The molecule has 0 aliphatic rings. The van der Waals surface area contributed by atoms with Crippen LogP contribution in [-0.2, 0) is 6.54 Å². The molecule has 0 fully saturated rings. The van der Waals surface area contributed by atoms with E-state index >= 15 is 0 Å². The summed E-state index contributed by atoms with van der Waals surface area (Å²) in [5, 5.41) is 1.97. The zero-order valence-corrected chi connectivity index (χ0v) is 24.5. The van der Waals surface area contributed by atoms with Crippen molar-refractivity contribution in [1.82, 2.24) is 9.55 Å². The molecule has 0 bridgehead atoms. The predicted molar refractivity (Wildman–Crippen MR) is 156 cm³/mol. The van der Waals surface area contributed by atoms with Crippen molar-refractivity contribution in [3.8, 4) is 0 Å². The van der Waals surface area contributed by atoms with Crippen LogP contribution in [0.15, 0.2) is 119 Å². The molecule has 0 aliphatic heterocycles. The van der Waals surface area contributed by atoms with E-state index in [1.54, 1.807) is 18.2 Å². The van der Waals surface area contributed by atoms with E-state index in [-0.39, 0.29) is 5.56 Å². The van der Waals surface area contributed by atoms with Gasteiger partial charge in [0.2, 0.25) is 0 Å². The van der Waals surface area contributed by atoms with Crippen LogP contribution in [0.4, 0.5) is 0 Å². The van der Waals surface area contributed by atoms with Crippen LogP contribution in [0, 0.1) is 0 Å². The molecule has 0 unspecified atom stereocenters. The Morgan fingerprint density at radius 1 is 0.806 bits per heavy atom. The Bertz CT molecular complexity index is 1430. The molecule has 0 spiro atoms. The predicted octanol–water partition coefficient (Wildman–Crippen LogP) is 5.61. The molecule has 4 aromatic carbocycles. The van der Waals surface area contributed by atoms with Crippen molar-refractivity contribution in [2.24, 2.45) is 0 Å². The number of benzene rings is 4. The minimum atomic E-state index is -3.76. The number of aromatic nitrogens is 2. The normalized spacial score (nSPS) is 11.6. The van der Waals surface area contributed by atoms with Gasteiger partial charge in [-0.05, 0) is 0 Å². The van der Waals surface area contributed by atoms with Gasteiger partial charge in [0, 0.05) is 0 Å². The monoisotopic (exact) mass is 618 g/mol. The molecule has 0 saturated carbocycles. The van der Waals surface area contributed by atoms with Crippen LogP contribution >= 0.6 is 20.5 Å². The number of nitrogens with zero attached hydrogens (tertiary/aromatic N) is 2. The fraction of sp³-hybridized carbons (Fsp3) is 0.133. The van der Waals surface area contributed by atoms with Crippen LogP contribution < -0.4 is 16.3 Å². The van der Waals surface area contributed by atoms with Gasteiger partial charge < -0.3 is 0 Å². The molecule has 0 amide bonds. The number of rotatable bonds is 8. The summed E-state index contributed by atoms with van der Waals surface area (Å²) in [6.07, 6.45) is 1.92. The second-order valence-electron chi connectivity index (χ2n) is 8.75. The van der Waals surface area contributed by atoms with Crippen LogP contribution in [0.25, 0.3) is 10.9 Å². The van der Waals surface area contributed by atoms with Gasteiger partial charge in [-0.3, -0.25) is 0 Å². The summed E-state index contributed by atoms with van der Waals surface area (Å²) in [6, 6.07) is 37.7. The van der Waals surface area contributed by atoms with Crippen LogP contribution in [0.5, 0.6) is 0 Å². The van der Waals surface area contributed by atoms with Crippen molar-refractivity contribution in [3.05, 3.63) is 125 Å². The number of hydrogen-bond acceptors (Lipinski definition) is 3. The molecule has 3 nitrogen and oxygen atoms in total. The summed E-state index contributed by atoms with van der Waals surface area (Å²) in [5.41, 5.74) is 0.652. The molecule has 5 aromatic rings. The van der Waals surface area contributed by atoms with E-state index in [1.165, 1.54) is 10.7 Å². The van der Waals surface area contributed by atoms with E-state index in [9.17, 15) is 4.79 Å². The van der Waals surface area contributed by atoms with Gasteiger partial charge >= 0.3 is 225 Å². The van der Waals surface area contributed by atoms with Gasteiger partial charge in [-0.15, -0.1) is 0 Å². The number of fused-ring (bicyclic) bond motifs is 1. The molecule has 0 radical (unpaired) electrons. The summed E-state index contributed by atoms with van der Waals surface area (Å²) in [6.45, 7) is 2.79. The van der Waals surface area contributed by atoms with Crippen LogP contribution in [-0.4, -0.2) is 26.5 Å². The summed E-state index contributed by atoms with van der Waals surface area (Å²) in [7, 11) is 1.83. The molecular weight excluding hydrogens is 591 g/mol. The number of halogens is 1. The molecule has 0 aliphatic carbocycles. The Morgan fingerprint density at radius 3 is 1.83 bits per heavy atom. The zero-order valence-electron chi connectivity index (χ0n) is 20.1. The Labute approximate surface area is 223 Å². The summed E-state index contributed by atoms with van der Waals surface area (Å²) in [5.74, 6) is 0. The Hall–Kier alpha value is -2.54. The molecule has 5 rings (SSSR count). The maximum atomic E-state index is 13.8. The first-order valence-corrected chi connectivity index (χ1v) is 21.2. The van der Waals surface area contributed by atoms with Gasteiger partial charge in [0.1, 0.15) is 0 Å². The van der Waals surface area contributed by atoms with Crippen LogP contribution in [0.3, 0.4) is 0 Å². The van der Waals surface area contributed by atoms with Gasteiger partial charge in [-0.2, -0.15) is 0 Å². The molecule has 6 heteroatoms. The van der Waals surface area contributed by atoms with Gasteiger partial charge in [0.15, 0.2) is 0 Å². The molecule has 1 heterocycles. The maximum absolute atomic E-state index is 13.8. The zero-order chi connectivity index (χ0) is 25.0. The molecule has 1 aromatic heterocycles. The van der Waals surface area contributed by atoms with Crippen LogP contribution in [0.2, 0.25) is 5.02 Å². The number of unbranched alkanes of at least 4 members (excludes halogenated alkanes) is 1. The first kappa shape index (κ1) is 25.1. The summed E-state index contributed by atoms with van der Waals surface area (Å²) < 4.78 is 5.88. The Morgan fingerprint density at radius 2 is 1.33 bits per heavy atom. The van der Waals surface area contributed by atoms with E-state index in [0.29, 0.717) is 22.5 Å². The van der Waals surface area contributed by atoms with Gasteiger partial charge in [0.25, 0.3) is 0 Å². The molecule has 0 atom stereocenters. The quantitative estimate of drug-likeness (QED) is 0.168. The van der Waals surface area contributed by atoms with Crippen molar-refractivity contribution in [3.63, 3.8) is 0 Å². The van der Waals surface area contributed by atoms with Gasteiger partial charge in [0.05, 0.1) is 0 Å². The molecule has 0 saturated heterocycles. The van der Waals surface area contributed by atoms with E-state index in [0.717, 1.165) is 18.0 Å². The summed E-state index contributed by atoms with van der Waals surface area (Å²) >= 11 is 2.56. The molecule has 180 valence electrons. The third-order valence-electron chi connectivity index (χ3n) is 6.40. The van der Waals surface area contributed by atoms with E-state index in [1.807, 2.05) is 13.5 Å². The van der Waals surface area contributed by atoms with Gasteiger partial charge in [-0.25, -0.2) is 0 Å². The van der Waals surface area contributed by atoms with Crippen molar-refractivity contribution < 1.29 is 0 Å². The number of hydrogen-bond donors (Lipinski definition) is 0. The molecular formula is C30H27ClN2OSSn. The molecule has 0 N–H and O–H groups in total. The van der Waals surface area contributed by atoms with E-state index in [4.69, 9.17) is 16.6 Å². The average Bonchev–Trinajstić information content (AvgIpc) is 2.93. The summed E-state index contributed by atoms with van der Waals surface area (Å²) in [4.78, 5) is 18.9. The fourth-order valence-electron chi connectivity index (χ4n) is 4.60. The van der Waals surface area contributed by atoms with Gasteiger partial charge in [-0.1, -0.05) is 0 Å². The van der Waals surface area contributed by atoms with Crippen LogP contribution in [0.1, 0.15) is 19.8 Å². The minimum absolute atomic E-state index is 0.00184. The standard InChI is InChI=1S/C12H13ClN2OS.3C6H5.Sn/c1-2-3-6-15-11(16)9-5-4-8(13)7-10(9)14-12(15)17;3*1-2-4-6-5-3-1;/h4-5,7H,2-3,6H2,1H3,(H,14,17);3*1-5H;/q;;;;+1/p-1. The SMILES string of the molecule is CCCCn1c([S][Sn]([c]2ccccc2)([c]2ccccc2)[c]2ccccc2)nc2cc(Cl)ccc2c1=O. The first-order chi connectivity index (χ1) is 17.6. The fourth-order valence-corrected chi connectivity index (χ4v) is 23.8. The first-order valence-electron chi connectivity index (χ1n) is 12.2. The Balaban J connectivity index is 1.83. The van der Waals surface area contributed by atoms with Crippen molar-refractivity contribution in [2.45, 2.75) is 31.5 Å². The second kappa shape index (κ2) is 11.2. The third-order valence-corrected chi connectivity index (χ3v) is 26.2. The average molecular weight is 618 g/mol. The second-order valence-corrected chi connectivity index (χ2v) is 24.4. The van der Waals surface area contributed by atoms with Crippen molar-refractivity contribution in [1.29, 1.82) is 0 Å². The van der Waals surface area contributed by atoms with Crippen molar-refractivity contribution in [2.75, 3.05) is 0 Å². The Kier molecular flexibility index (Phi) is 7.84. The van der Waals surface area contributed by atoms with E-state index < -0.39 is 17.0 Å². The topological polar surface area (TPSA) is 34.9 Å². The third kappa shape index (κ3) is 4.86. The van der Waals surface area contributed by atoms with E-state index in [2.05, 4.69) is 97.9 Å². The van der Waals surface area contributed by atoms with Crippen molar-refractivity contribution >= 4 is 59.2 Å².